The van der Waals surface area contributed by atoms with E-state index in [2.05, 4.69) is 39.1 Å². The van der Waals surface area contributed by atoms with Gasteiger partial charge in [-0.05, 0) is 45.1 Å². The summed E-state index contributed by atoms with van der Waals surface area (Å²) in [5.74, 6) is 2.00. The molecule has 1 N–H and O–H groups in total. The molecule has 1 amide bonds. The molecule has 7 nitrogen and oxygen atoms in total. The van der Waals surface area contributed by atoms with Gasteiger partial charge in [-0.15, -0.1) is 11.3 Å². The van der Waals surface area contributed by atoms with Crippen molar-refractivity contribution in [2.45, 2.75) is 64.8 Å². The molecule has 1 aliphatic heterocycles. The number of nitrogens with zero attached hydrogens (tertiary/aromatic N) is 5. The molecule has 1 saturated carbocycles. The van der Waals surface area contributed by atoms with Gasteiger partial charge in [0.05, 0.1) is 17.6 Å². The number of rotatable bonds is 4. The van der Waals surface area contributed by atoms with Gasteiger partial charge in [0, 0.05) is 30.0 Å². The Balaban J connectivity index is 1.25. The van der Waals surface area contributed by atoms with E-state index >= 15 is 0 Å². The lowest BCUT2D eigenvalue weighted by Gasteiger charge is -2.32. The molecule has 164 valence electrons. The molecule has 5 rings (SSSR count). The van der Waals surface area contributed by atoms with Gasteiger partial charge in [0.15, 0.2) is 0 Å². The third kappa shape index (κ3) is 3.93. The number of amides is 1. The molecular weight excluding hydrogens is 408 g/mol. The number of aromatic nitrogens is 4. The zero-order chi connectivity index (χ0) is 21.4. The Kier molecular flexibility index (Phi) is 5.65. The SMILES string of the molecule is Cc1sc2ncnc(N3CCC(C(=O)Nc4ccnn4C4CCCCC4)CC3)c2c1C. The third-order valence-corrected chi connectivity index (χ3v) is 8.07. The first-order valence-corrected chi connectivity index (χ1v) is 12.2. The predicted molar refractivity (Wildman–Crippen MR) is 125 cm³/mol. The molecule has 1 saturated heterocycles. The van der Waals surface area contributed by atoms with Crippen LogP contribution in [-0.2, 0) is 4.79 Å². The molecule has 0 unspecified atom stereocenters. The summed E-state index contributed by atoms with van der Waals surface area (Å²) < 4.78 is 2.03. The lowest BCUT2D eigenvalue weighted by atomic mass is 9.95. The van der Waals surface area contributed by atoms with Crippen LogP contribution in [0.5, 0.6) is 0 Å². The Hall–Kier alpha value is -2.48. The van der Waals surface area contributed by atoms with Crippen LogP contribution in [0.25, 0.3) is 10.2 Å². The van der Waals surface area contributed by atoms with Crippen molar-refractivity contribution in [1.29, 1.82) is 0 Å². The first kappa shape index (κ1) is 20.4. The number of aryl methyl sites for hydroxylation is 2. The van der Waals surface area contributed by atoms with Crippen LogP contribution in [0.1, 0.15) is 61.4 Å². The Morgan fingerprint density at radius 1 is 1.10 bits per heavy atom. The van der Waals surface area contributed by atoms with Gasteiger partial charge in [0.25, 0.3) is 0 Å². The molecule has 3 aromatic rings. The molecule has 8 heteroatoms. The first-order chi connectivity index (χ1) is 15.1. The minimum Gasteiger partial charge on any atom is -0.356 e. The maximum absolute atomic E-state index is 13.0. The molecule has 2 fully saturated rings. The average Bonchev–Trinajstić information content (AvgIpc) is 3.38. The standard InChI is InChI=1S/C23H30N6OS/c1-15-16(2)31-23-20(15)21(24-14-25-23)28-12-9-17(10-13-28)22(30)27-19-8-11-26-29(19)18-6-4-3-5-7-18/h8,11,14,17-18H,3-7,9-10,12-13H2,1-2H3,(H,27,30). The van der Waals surface area contributed by atoms with Crippen molar-refractivity contribution in [3.8, 4) is 0 Å². The lowest BCUT2D eigenvalue weighted by molar-refractivity contribution is -0.120. The second kappa shape index (κ2) is 8.57. The van der Waals surface area contributed by atoms with E-state index in [1.807, 2.05) is 10.7 Å². The van der Waals surface area contributed by atoms with Gasteiger partial charge in [-0.3, -0.25) is 4.79 Å². The number of carbonyl (C=O) groups excluding carboxylic acids is 1. The molecule has 2 aliphatic rings. The van der Waals surface area contributed by atoms with E-state index in [0.717, 1.165) is 55.2 Å². The van der Waals surface area contributed by atoms with Gasteiger partial charge in [-0.25, -0.2) is 14.6 Å². The summed E-state index contributed by atoms with van der Waals surface area (Å²) in [6.07, 6.45) is 11.2. The molecule has 4 heterocycles. The van der Waals surface area contributed by atoms with E-state index in [4.69, 9.17) is 0 Å². The number of fused-ring (bicyclic) bond motifs is 1. The van der Waals surface area contributed by atoms with Gasteiger partial charge >= 0.3 is 0 Å². The summed E-state index contributed by atoms with van der Waals surface area (Å²) in [6, 6.07) is 2.35. The summed E-state index contributed by atoms with van der Waals surface area (Å²) in [5, 5.41) is 8.85. The second-order valence-electron chi connectivity index (χ2n) is 8.86. The van der Waals surface area contributed by atoms with E-state index in [9.17, 15) is 4.79 Å². The van der Waals surface area contributed by atoms with Crippen LogP contribution in [0.3, 0.4) is 0 Å². The number of carbonyl (C=O) groups is 1. The third-order valence-electron chi connectivity index (χ3n) is 6.95. The van der Waals surface area contributed by atoms with Crippen molar-refractivity contribution >= 4 is 39.1 Å². The Bertz CT molecular complexity index is 1080. The normalized spacial score (nSPS) is 18.6. The largest absolute Gasteiger partial charge is 0.356 e. The minimum atomic E-state index is 0.0218. The first-order valence-electron chi connectivity index (χ1n) is 11.4. The summed E-state index contributed by atoms with van der Waals surface area (Å²) >= 11 is 1.73. The number of nitrogens with one attached hydrogen (secondary N) is 1. The van der Waals surface area contributed by atoms with Gasteiger partial charge in [-0.1, -0.05) is 19.3 Å². The zero-order valence-electron chi connectivity index (χ0n) is 18.3. The zero-order valence-corrected chi connectivity index (χ0v) is 19.1. The summed E-state index contributed by atoms with van der Waals surface area (Å²) in [4.78, 5) is 26.7. The topological polar surface area (TPSA) is 75.9 Å². The van der Waals surface area contributed by atoms with Crippen molar-refractivity contribution < 1.29 is 4.79 Å². The van der Waals surface area contributed by atoms with E-state index in [1.165, 1.54) is 35.1 Å². The summed E-state index contributed by atoms with van der Waals surface area (Å²) in [5.41, 5.74) is 1.27. The van der Waals surface area contributed by atoms with Crippen LogP contribution in [-0.4, -0.2) is 38.7 Å². The summed E-state index contributed by atoms with van der Waals surface area (Å²) in [6.45, 7) is 5.96. The minimum absolute atomic E-state index is 0.0218. The monoisotopic (exact) mass is 438 g/mol. The van der Waals surface area contributed by atoms with E-state index in [-0.39, 0.29) is 11.8 Å². The summed E-state index contributed by atoms with van der Waals surface area (Å²) in [7, 11) is 0. The molecule has 0 bridgehead atoms. The highest BCUT2D eigenvalue weighted by Crippen LogP contribution is 2.36. The molecule has 1 aliphatic carbocycles. The highest BCUT2D eigenvalue weighted by atomic mass is 32.1. The highest BCUT2D eigenvalue weighted by molar-refractivity contribution is 7.18. The number of piperidine rings is 1. The van der Waals surface area contributed by atoms with Crippen LogP contribution in [0, 0.1) is 19.8 Å². The predicted octanol–water partition coefficient (Wildman–Crippen LogP) is 4.86. The Morgan fingerprint density at radius 2 is 1.87 bits per heavy atom. The van der Waals surface area contributed by atoms with E-state index < -0.39 is 0 Å². The molecule has 3 aromatic heterocycles. The van der Waals surface area contributed by atoms with Crippen molar-refractivity contribution in [2.24, 2.45) is 5.92 Å². The molecule has 0 atom stereocenters. The fraction of sp³-hybridized carbons (Fsp3) is 0.565. The molecule has 0 spiro atoms. The highest BCUT2D eigenvalue weighted by Gasteiger charge is 2.28. The van der Waals surface area contributed by atoms with E-state index in [0.29, 0.717) is 6.04 Å². The number of hydrogen-bond acceptors (Lipinski definition) is 6. The van der Waals surface area contributed by atoms with Gasteiger partial charge < -0.3 is 10.2 Å². The van der Waals surface area contributed by atoms with Crippen molar-refractivity contribution in [2.75, 3.05) is 23.3 Å². The van der Waals surface area contributed by atoms with Crippen molar-refractivity contribution in [1.82, 2.24) is 19.7 Å². The second-order valence-corrected chi connectivity index (χ2v) is 10.1. The van der Waals surface area contributed by atoms with Crippen LogP contribution in [0.15, 0.2) is 18.6 Å². The average molecular weight is 439 g/mol. The fourth-order valence-corrected chi connectivity index (χ4v) is 6.01. The van der Waals surface area contributed by atoms with Crippen LogP contribution < -0.4 is 10.2 Å². The van der Waals surface area contributed by atoms with Gasteiger partial charge in [-0.2, -0.15) is 5.10 Å². The fourth-order valence-electron chi connectivity index (χ4n) is 5.02. The van der Waals surface area contributed by atoms with Crippen LogP contribution in [0.2, 0.25) is 0 Å². The molecule has 0 aromatic carbocycles. The van der Waals surface area contributed by atoms with Crippen LogP contribution >= 0.6 is 11.3 Å². The molecular formula is C23H30N6OS. The van der Waals surface area contributed by atoms with Crippen LogP contribution in [0.4, 0.5) is 11.6 Å². The molecule has 0 radical (unpaired) electrons. The maximum atomic E-state index is 13.0. The quantitative estimate of drug-likeness (QED) is 0.629. The van der Waals surface area contributed by atoms with Gasteiger partial charge in [0.1, 0.15) is 22.8 Å². The lowest BCUT2D eigenvalue weighted by Crippen LogP contribution is -2.39. The number of anilines is 2. The van der Waals surface area contributed by atoms with Crippen molar-refractivity contribution in [3.05, 3.63) is 29.0 Å². The number of thiophene rings is 1. The smallest absolute Gasteiger partial charge is 0.228 e. The Labute approximate surface area is 186 Å². The molecule has 31 heavy (non-hydrogen) atoms. The maximum Gasteiger partial charge on any atom is 0.228 e. The van der Waals surface area contributed by atoms with Gasteiger partial charge in [0.2, 0.25) is 5.91 Å². The number of hydrogen-bond donors (Lipinski definition) is 1. The van der Waals surface area contributed by atoms with E-state index in [1.54, 1.807) is 23.9 Å². The van der Waals surface area contributed by atoms with Crippen molar-refractivity contribution in [3.63, 3.8) is 0 Å². The Morgan fingerprint density at radius 3 is 2.65 bits per heavy atom.